The second-order valence-corrected chi connectivity index (χ2v) is 9.38. The third-order valence-corrected chi connectivity index (χ3v) is 7.05. The van der Waals surface area contributed by atoms with E-state index in [0.29, 0.717) is 12.5 Å². The number of piperidine rings is 1. The molecule has 4 nitrogen and oxygen atoms in total. The molecule has 2 amide bonds. The Morgan fingerprint density at radius 1 is 1.03 bits per heavy atom. The summed E-state index contributed by atoms with van der Waals surface area (Å²) in [5.41, 5.74) is 2.23. The molecule has 2 saturated heterocycles. The van der Waals surface area contributed by atoms with Gasteiger partial charge in [-0.1, -0.05) is 46.3 Å². The summed E-state index contributed by atoms with van der Waals surface area (Å²) < 4.78 is 14.5. The highest BCUT2D eigenvalue weighted by Gasteiger charge is 2.28. The quantitative estimate of drug-likeness (QED) is 0.652. The summed E-state index contributed by atoms with van der Waals surface area (Å²) in [5, 5.41) is 3.20. The molecular formula is C24H29BrFN3O. The summed E-state index contributed by atoms with van der Waals surface area (Å²) in [4.78, 5) is 16.9. The Kier molecular flexibility index (Phi) is 7.05. The average molecular weight is 474 g/mol. The number of urea groups is 1. The predicted octanol–water partition coefficient (Wildman–Crippen LogP) is 4.83. The number of rotatable bonds is 6. The zero-order valence-electron chi connectivity index (χ0n) is 17.2. The molecule has 0 radical (unpaired) electrons. The molecule has 0 spiro atoms. The summed E-state index contributed by atoms with van der Waals surface area (Å²) in [7, 11) is 0. The van der Waals surface area contributed by atoms with Crippen LogP contribution in [-0.4, -0.2) is 48.1 Å². The van der Waals surface area contributed by atoms with Gasteiger partial charge in [0.05, 0.1) is 0 Å². The lowest BCUT2D eigenvalue weighted by molar-refractivity contribution is 0.136. The van der Waals surface area contributed by atoms with E-state index >= 15 is 0 Å². The molecule has 4 rings (SSSR count). The number of benzene rings is 2. The standard InChI is InChI=1S/C24H29BrFN3O/c25-23-7-6-21(26)15-20(23)14-18-8-11-28(12-9-18)17-22-10-13-29(24(30)27-22)16-19-4-2-1-3-5-19/h1-7,15,18,22H,8-14,16-17H2,(H,27,30). The monoisotopic (exact) mass is 473 g/mol. The third-order valence-electron chi connectivity index (χ3n) is 6.28. The van der Waals surface area contributed by atoms with E-state index in [-0.39, 0.29) is 17.9 Å². The molecule has 30 heavy (non-hydrogen) atoms. The summed E-state index contributed by atoms with van der Waals surface area (Å²) in [6.45, 7) is 4.46. The van der Waals surface area contributed by atoms with Crippen LogP contribution in [0.5, 0.6) is 0 Å². The highest BCUT2D eigenvalue weighted by Crippen LogP contribution is 2.27. The van der Waals surface area contributed by atoms with Crippen LogP contribution < -0.4 is 5.32 Å². The molecule has 2 aliphatic rings. The van der Waals surface area contributed by atoms with Crippen molar-refractivity contribution in [1.82, 2.24) is 15.1 Å². The molecule has 0 aromatic heterocycles. The molecular weight excluding hydrogens is 445 g/mol. The summed E-state index contributed by atoms with van der Waals surface area (Å²) in [6.07, 6.45) is 4.13. The molecule has 1 atom stereocenters. The minimum Gasteiger partial charge on any atom is -0.334 e. The van der Waals surface area contributed by atoms with Crippen molar-refractivity contribution < 1.29 is 9.18 Å². The van der Waals surface area contributed by atoms with E-state index < -0.39 is 0 Å². The molecule has 1 N–H and O–H groups in total. The lowest BCUT2D eigenvalue weighted by Crippen LogP contribution is -2.55. The van der Waals surface area contributed by atoms with Gasteiger partial charge in [-0.3, -0.25) is 0 Å². The first kappa shape index (κ1) is 21.3. The number of hydrogen-bond acceptors (Lipinski definition) is 2. The van der Waals surface area contributed by atoms with Crippen molar-refractivity contribution in [3.05, 3.63) is 69.9 Å². The predicted molar refractivity (Wildman–Crippen MR) is 121 cm³/mol. The lowest BCUT2D eigenvalue weighted by Gasteiger charge is -2.38. The van der Waals surface area contributed by atoms with Gasteiger partial charge < -0.3 is 15.1 Å². The molecule has 0 aliphatic carbocycles. The Hall–Kier alpha value is -1.92. The Morgan fingerprint density at radius 3 is 2.53 bits per heavy atom. The number of nitrogens with zero attached hydrogens (tertiary/aromatic N) is 2. The molecule has 2 aromatic rings. The highest BCUT2D eigenvalue weighted by atomic mass is 79.9. The van der Waals surface area contributed by atoms with Crippen LogP contribution in [0, 0.1) is 11.7 Å². The van der Waals surface area contributed by atoms with Crippen LogP contribution in [-0.2, 0) is 13.0 Å². The van der Waals surface area contributed by atoms with Crippen molar-refractivity contribution in [2.24, 2.45) is 5.92 Å². The SMILES string of the molecule is O=C1NC(CN2CCC(Cc3cc(F)ccc3Br)CC2)CCN1Cc1ccccc1. The fourth-order valence-electron chi connectivity index (χ4n) is 4.54. The molecule has 160 valence electrons. The first-order valence-corrected chi connectivity index (χ1v) is 11.6. The van der Waals surface area contributed by atoms with Gasteiger partial charge in [-0.2, -0.15) is 0 Å². The molecule has 0 saturated carbocycles. The molecule has 0 bridgehead atoms. The fraction of sp³-hybridized carbons (Fsp3) is 0.458. The molecule has 2 aromatic carbocycles. The van der Waals surface area contributed by atoms with Crippen LogP contribution >= 0.6 is 15.9 Å². The fourth-order valence-corrected chi connectivity index (χ4v) is 4.95. The third kappa shape index (κ3) is 5.61. The Morgan fingerprint density at radius 2 is 1.80 bits per heavy atom. The van der Waals surface area contributed by atoms with E-state index in [0.717, 1.165) is 67.5 Å². The maximum absolute atomic E-state index is 13.5. The Balaban J connectivity index is 1.21. The number of amides is 2. The summed E-state index contributed by atoms with van der Waals surface area (Å²) in [6, 6.07) is 15.3. The maximum Gasteiger partial charge on any atom is 0.317 e. The summed E-state index contributed by atoms with van der Waals surface area (Å²) in [5.74, 6) is 0.418. The molecule has 6 heteroatoms. The second kappa shape index (κ2) is 9.92. The number of carbonyl (C=O) groups excluding carboxylic acids is 1. The Labute approximate surface area is 186 Å². The van der Waals surface area contributed by atoms with Crippen molar-refractivity contribution in [2.45, 2.75) is 38.3 Å². The van der Waals surface area contributed by atoms with Gasteiger partial charge in [0.25, 0.3) is 0 Å². The van der Waals surface area contributed by atoms with Gasteiger partial charge in [-0.15, -0.1) is 0 Å². The number of hydrogen-bond donors (Lipinski definition) is 1. The molecule has 1 unspecified atom stereocenters. The van der Waals surface area contributed by atoms with E-state index in [1.807, 2.05) is 23.1 Å². The summed E-state index contributed by atoms with van der Waals surface area (Å²) >= 11 is 3.54. The number of halogens is 2. The average Bonchev–Trinajstić information content (AvgIpc) is 2.75. The first-order valence-electron chi connectivity index (χ1n) is 10.8. The van der Waals surface area contributed by atoms with Gasteiger partial charge in [-0.25, -0.2) is 9.18 Å². The second-order valence-electron chi connectivity index (χ2n) is 8.53. The van der Waals surface area contributed by atoms with Crippen LogP contribution in [0.4, 0.5) is 9.18 Å². The molecule has 2 aliphatic heterocycles. The van der Waals surface area contributed by atoms with Crippen molar-refractivity contribution in [1.29, 1.82) is 0 Å². The zero-order valence-corrected chi connectivity index (χ0v) is 18.8. The topological polar surface area (TPSA) is 35.6 Å². The van der Waals surface area contributed by atoms with Crippen molar-refractivity contribution in [3.8, 4) is 0 Å². The van der Waals surface area contributed by atoms with Crippen LogP contribution in [0.15, 0.2) is 53.0 Å². The first-order chi connectivity index (χ1) is 14.6. The van der Waals surface area contributed by atoms with Gasteiger partial charge >= 0.3 is 6.03 Å². The van der Waals surface area contributed by atoms with Crippen LogP contribution in [0.2, 0.25) is 0 Å². The largest absolute Gasteiger partial charge is 0.334 e. The molecule has 2 heterocycles. The van der Waals surface area contributed by atoms with E-state index in [1.54, 1.807) is 12.1 Å². The lowest BCUT2D eigenvalue weighted by atomic mass is 9.90. The van der Waals surface area contributed by atoms with Crippen molar-refractivity contribution in [2.75, 3.05) is 26.2 Å². The van der Waals surface area contributed by atoms with E-state index in [2.05, 4.69) is 38.3 Å². The zero-order chi connectivity index (χ0) is 20.9. The number of likely N-dealkylation sites (tertiary alicyclic amines) is 1. The van der Waals surface area contributed by atoms with Gasteiger partial charge in [0, 0.05) is 30.1 Å². The number of nitrogens with one attached hydrogen (secondary N) is 1. The maximum atomic E-state index is 13.5. The Bertz CT molecular complexity index is 855. The minimum atomic E-state index is -0.167. The normalized spacial score (nSPS) is 20.9. The van der Waals surface area contributed by atoms with E-state index in [4.69, 9.17) is 0 Å². The van der Waals surface area contributed by atoms with Gasteiger partial charge in [-0.05, 0) is 74.0 Å². The molecule has 2 fully saturated rings. The number of carbonyl (C=O) groups is 1. The smallest absolute Gasteiger partial charge is 0.317 e. The van der Waals surface area contributed by atoms with Crippen molar-refractivity contribution >= 4 is 22.0 Å². The van der Waals surface area contributed by atoms with Gasteiger partial charge in [0.2, 0.25) is 0 Å². The van der Waals surface area contributed by atoms with Gasteiger partial charge in [0.1, 0.15) is 5.82 Å². The van der Waals surface area contributed by atoms with E-state index in [9.17, 15) is 9.18 Å². The van der Waals surface area contributed by atoms with Gasteiger partial charge in [0.15, 0.2) is 0 Å². The van der Waals surface area contributed by atoms with Crippen LogP contribution in [0.25, 0.3) is 0 Å². The van der Waals surface area contributed by atoms with Crippen LogP contribution in [0.1, 0.15) is 30.4 Å². The van der Waals surface area contributed by atoms with Crippen molar-refractivity contribution in [3.63, 3.8) is 0 Å². The highest BCUT2D eigenvalue weighted by molar-refractivity contribution is 9.10. The van der Waals surface area contributed by atoms with Crippen LogP contribution in [0.3, 0.4) is 0 Å². The van der Waals surface area contributed by atoms with E-state index in [1.165, 1.54) is 6.07 Å². The minimum absolute atomic E-state index is 0.0425.